The van der Waals surface area contributed by atoms with E-state index < -0.39 is 0 Å². The highest BCUT2D eigenvalue weighted by Gasteiger charge is 2.21. The molecule has 0 N–H and O–H groups in total. The number of hydrogen-bond acceptors (Lipinski definition) is 4. The van der Waals surface area contributed by atoms with Crippen molar-refractivity contribution in [2.45, 2.75) is 13.8 Å². The van der Waals surface area contributed by atoms with Gasteiger partial charge in [0.1, 0.15) is 0 Å². The minimum Gasteiger partial charge on any atom is -0.441 e. The number of piperazine rings is 1. The number of ether oxygens (including phenoxy) is 1. The van der Waals surface area contributed by atoms with E-state index in [1.165, 1.54) is 6.92 Å². The van der Waals surface area contributed by atoms with Gasteiger partial charge < -0.3 is 14.5 Å². The average Bonchev–Trinajstić information content (AvgIpc) is 2.26. The highest BCUT2D eigenvalue weighted by molar-refractivity contribution is 5.79. The lowest BCUT2D eigenvalue weighted by Gasteiger charge is -2.33. The zero-order valence-corrected chi connectivity index (χ0v) is 9.36. The van der Waals surface area contributed by atoms with Crippen LogP contribution in [0.5, 0.6) is 0 Å². The highest BCUT2D eigenvalue weighted by Crippen LogP contribution is 2.03. The van der Waals surface area contributed by atoms with Crippen molar-refractivity contribution in [1.29, 1.82) is 0 Å². The van der Waals surface area contributed by atoms with Crippen molar-refractivity contribution in [2.75, 3.05) is 39.3 Å². The van der Waals surface area contributed by atoms with Crippen LogP contribution in [0.15, 0.2) is 0 Å². The second-order valence-corrected chi connectivity index (χ2v) is 3.68. The standard InChI is InChI=1S/C10H18N2O3/c1-3-11-4-6-12(7-5-11)10(14)15-8-9(2)13/h3-8H2,1-2H3. The summed E-state index contributed by atoms with van der Waals surface area (Å²) in [4.78, 5) is 26.0. The van der Waals surface area contributed by atoms with Gasteiger partial charge in [-0.3, -0.25) is 4.79 Å². The average molecular weight is 214 g/mol. The molecule has 0 aromatic rings. The van der Waals surface area contributed by atoms with Crippen LogP contribution in [0, 0.1) is 0 Å². The molecule has 1 amide bonds. The summed E-state index contributed by atoms with van der Waals surface area (Å²) in [5.41, 5.74) is 0. The van der Waals surface area contributed by atoms with Gasteiger partial charge in [-0.15, -0.1) is 0 Å². The molecule has 1 rings (SSSR count). The van der Waals surface area contributed by atoms with Gasteiger partial charge in [0, 0.05) is 26.2 Å². The lowest BCUT2D eigenvalue weighted by Crippen LogP contribution is -2.48. The van der Waals surface area contributed by atoms with Crippen LogP contribution in [0.1, 0.15) is 13.8 Å². The summed E-state index contributed by atoms with van der Waals surface area (Å²) in [7, 11) is 0. The Labute approximate surface area is 90.0 Å². The van der Waals surface area contributed by atoms with Gasteiger partial charge in [0.2, 0.25) is 0 Å². The predicted octanol–water partition coefficient (Wildman–Crippen LogP) is 0.349. The Balaban J connectivity index is 2.27. The molecule has 0 atom stereocenters. The number of hydrogen-bond donors (Lipinski definition) is 0. The molecule has 5 nitrogen and oxygen atoms in total. The fraction of sp³-hybridized carbons (Fsp3) is 0.800. The van der Waals surface area contributed by atoms with E-state index in [0.29, 0.717) is 13.1 Å². The second-order valence-electron chi connectivity index (χ2n) is 3.68. The molecule has 1 aliphatic rings. The second kappa shape index (κ2) is 5.70. The summed E-state index contributed by atoms with van der Waals surface area (Å²) in [6, 6.07) is 0. The fourth-order valence-corrected chi connectivity index (χ4v) is 1.50. The summed E-state index contributed by atoms with van der Waals surface area (Å²) in [6.45, 7) is 7.53. The van der Waals surface area contributed by atoms with E-state index in [0.717, 1.165) is 19.6 Å². The number of ketones is 1. The van der Waals surface area contributed by atoms with Crippen molar-refractivity contribution in [2.24, 2.45) is 0 Å². The normalized spacial score (nSPS) is 17.6. The maximum atomic E-state index is 11.4. The summed E-state index contributed by atoms with van der Waals surface area (Å²) in [5.74, 6) is -0.129. The van der Waals surface area contributed by atoms with Gasteiger partial charge >= 0.3 is 6.09 Å². The zero-order chi connectivity index (χ0) is 11.3. The first-order valence-corrected chi connectivity index (χ1v) is 5.27. The maximum absolute atomic E-state index is 11.4. The van der Waals surface area contributed by atoms with Crippen molar-refractivity contribution in [3.05, 3.63) is 0 Å². The van der Waals surface area contributed by atoms with Crippen molar-refractivity contribution in [1.82, 2.24) is 9.80 Å². The third kappa shape index (κ3) is 3.87. The Morgan fingerprint density at radius 1 is 1.20 bits per heavy atom. The molecule has 0 spiro atoms. The number of likely N-dealkylation sites (N-methyl/N-ethyl adjacent to an activating group) is 1. The molecule has 15 heavy (non-hydrogen) atoms. The van der Waals surface area contributed by atoms with Crippen LogP contribution in [-0.2, 0) is 9.53 Å². The molecule has 0 bridgehead atoms. The largest absolute Gasteiger partial charge is 0.441 e. The number of nitrogens with zero attached hydrogens (tertiary/aromatic N) is 2. The number of amides is 1. The van der Waals surface area contributed by atoms with E-state index in [2.05, 4.69) is 11.8 Å². The predicted molar refractivity (Wildman–Crippen MR) is 55.7 cm³/mol. The lowest BCUT2D eigenvalue weighted by molar-refractivity contribution is -0.120. The van der Waals surface area contributed by atoms with E-state index in [9.17, 15) is 9.59 Å². The Kier molecular flexibility index (Phi) is 4.55. The molecular formula is C10H18N2O3. The van der Waals surface area contributed by atoms with Crippen LogP contribution in [0.25, 0.3) is 0 Å². The van der Waals surface area contributed by atoms with Crippen LogP contribution >= 0.6 is 0 Å². The van der Waals surface area contributed by atoms with Gasteiger partial charge in [-0.1, -0.05) is 6.92 Å². The van der Waals surface area contributed by atoms with Crippen LogP contribution in [0.2, 0.25) is 0 Å². The smallest absolute Gasteiger partial charge is 0.410 e. The SMILES string of the molecule is CCN1CCN(C(=O)OCC(C)=O)CC1. The number of carbonyl (C=O) groups excluding carboxylic acids is 2. The van der Waals surface area contributed by atoms with Crippen molar-refractivity contribution in [3.63, 3.8) is 0 Å². The molecule has 0 aromatic heterocycles. The molecule has 1 fully saturated rings. The van der Waals surface area contributed by atoms with Gasteiger partial charge in [-0.25, -0.2) is 4.79 Å². The molecule has 0 unspecified atom stereocenters. The maximum Gasteiger partial charge on any atom is 0.410 e. The topological polar surface area (TPSA) is 49.9 Å². The van der Waals surface area contributed by atoms with Gasteiger partial charge in [0.25, 0.3) is 0 Å². The van der Waals surface area contributed by atoms with Gasteiger partial charge in [0.05, 0.1) is 0 Å². The van der Waals surface area contributed by atoms with Crippen LogP contribution < -0.4 is 0 Å². The number of rotatable bonds is 3. The van der Waals surface area contributed by atoms with Gasteiger partial charge in [-0.2, -0.15) is 0 Å². The Bertz CT molecular complexity index is 235. The van der Waals surface area contributed by atoms with Crippen LogP contribution in [-0.4, -0.2) is 61.0 Å². The molecule has 5 heteroatoms. The van der Waals surface area contributed by atoms with Crippen molar-refractivity contribution >= 4 is 11.9 Å². The number of Topliss-reactive ketones (excluding diaryl/α,β-unsaturated/α-hetero) is 1. The third-order valence-electron chi connectivity index (χ3n) is 2.48. The summed E-state index contributed by atoms with van der Waals surface area (Å²) in [6.07, 6.45) is -0.374. The monoisotopic (exact) mass is 214 g/mol. The molecule has 1 saturated heterocycles. The van der Waals surface area contributed by atoms with E-state index in [1.807, 2.05) is 0 Å². The molecular weight excluding hydrogens is 196 g/mol. The molecule has 0 aromatic carbocycles. The third-order valence-corrected chi connectivity index (χ3v) is 2.48. The molecule has 1 heterocycles. The van der Waals surface area contributed by atoms with Crippen molar-refractivity contribution in [3.8, 4) is 0 Å². The van der Waals surface area contributed by atoms with Gasteiger partial charge in [-0.05, 0) is 13.5 Å². The molecule has 0 aliphatic carbocycles. The highest BCUT2D eigenvalue weighted by atomic mass is 16.6. The van der Waals surface area contributed by atoms with E-state index >= 15 is 0 Å². The summed E-state index contributed by atoms with van der Waals surface area (Å²) < 4.78 is 4.83. The first kappa shape index (κ1) is 12.0. The van der Waals surface area contributed by atoms with Gasteiger partial charge in [0.15, 0.2) is 12.4 Å². The van der Waals surface area contributed by atoms with Crippen molar-refractivity contribution < 1.29 is 14.3 Å². The first-order chi connectivity index (χ1) is 7.13. The Morgan fingerprint density at radius 3 is 2.27 bits per heavy atom. The van der Waals surface area contributed by atoms with E-state index in [1.54, 1.807) is 4.90 Å². The van der Waals surface area contributed by atoms with E-state index in [-0.39, 0.29) is 18.5 Å². The summed E-state index contributed by atoms with van der Waals surface area (Å²) >= 11 is 0. The molecule has 1 aliphatic heterocycles. The van der Waals surface area contributed by atoms with Crippen LogP contribution in [0.4, 0.5) is 4.79 Å². The minimum absolute atomic E-state index is 0.118. The fourth-order valence-electron chi connectivity index (χ4n) is 1.50. The minimum atomic E-state index is -0.374. The zero-order valence-electron chi connectivity index (χ0n) is 9.36. The summed E-state index contributed by atoms with van der Waals surface area (Å²) in [5, 5.41) is 0. The quantitative estimate of drug-likeness (QED) is 0.680. The molecule has 0 radical (unpaired) electrons. The molecule has 0 saturated carbocycles. The van der Waals surface area contributed by atoms with E-state index in [4.69, 9.17) is 4.74 Å². The Morgan fingerprint density at radius 2 is 1.80 bits per heavy atom. The van der Waals surface area contributed by atoms with Crippen LogP contribution in [0.3, 0.4) is 0 Å². The first-order valence-electron chi connectivity index (χ1n) is 5.27. The number of carbonyl (C=O) groups is 2. The molecule has 86 valence electrons. The lowest BCUT2D eigenvalue weighted by atomic mass is 10.3. The Hall–Kier alpha value is -1.10.